The average molecular weight is 541 g/mol. The second-order valence-corrected chi connectivity index (χ2v) is 11.4. The molecule has 8 atom stereocenters. The van der Waals surface area contributed by atoms with Crippen LogP contribution in [0.4, 0.5) is 0 Å². The first-order valence-corrected chi connectivity index (χ1v) is 13.5. The number of hydrogen-bond acceptors (Lipinski definition) is 9. The normalized spacial score (nSPS) is 33.7. The Labute approximate surface area is 212 Å². The highest BCUT2D eigenvalue weighted by Gasteiger charge is 2.52. The van der Waals surface area contributed by atoms with Crippen LogP contribution >= 0.6 is 7.75 Å². The van der Waals surface area contributed by atoms with Gasteiger partial charge in [-0.2, -0.15) is 9.69 Å². The van der Waals surface area contributed by atoms with E-state index in [1.807, 2.05) is 26.0 Å². The topological polar surface area (TPSA) is 191 Å². The first kappa shape index (κ1) is 27.7. The minimum Gasteiger partial charge on any atom is -0.480 e. The number of nitrogens with one attached hydrogen (secondary N) is 2. The van der Waals surface area contributed by atoms with Gasteiger partial charge in [-0.1, -0.05) is 32.0 Å². The van der Waals surface area contributed by atoms with Crippen LogP contribution in [0.3, 0.4) is 0 Å². The van der Waals surface area contributed by atoms with Crippen LogP contribution in [0, 0.1) is 5.92 Å². The van der Waals surface area contributed by atoms with E-state index in [0.717, 1.165) is 10.9 Å². The smallest absolute Gasteiger partial charge is 0.430 e. The summed E-state index contributed by atoms with van der Waals surface area (Å²) in [6.45, 7) is 5.07. The number of para-hydroxylation sites is 1. The van der Waals surface area contributed by atoms with Gasteiger partial charge in [-0.05, 0) is 30.9 Å². The molecule has 0 saturated carbocycles. The van der Waals surface area contributed by atoms with Crippen LogP contribution in [0.2, 0.25) is 0 Å². The zero-order valence-electron chi connectivity index (χ0n) is 20.6. The van der Waals surface area contributed by atoms with E-state index in [1.165, 1.54) is 6.92 Å². The summed E-state index contributed by atoms with van der Waals surface area (Å²) in [5, 5.41) is 44.2. The van der Waals surface area contributed by atoms with Gasteiger partial charge in [0.05, 0.1) is 12.1 Å². The summed E-state index contributed by atoms with van der Waals surface area (Å²) in [6.07, 6.45) is -5.91. The van der Waals surface area contributed by atoms with Crippen LogP contribution < -0.4 is 5.09 Å². The molecule has 2 aromatic rings. The fourth-order valence-corrected chi connectivity index (χ4v) is 6.10. The van der Waals surface area contributed by atoms with Crippen LogP contribution in [-0.4, -0.2) is 85.1 Å². The lowest BCUT2D eigenvalue weighted by Crippen LogP contribution is -2.60. The number of carbonyl (C=O) groups is 2. The summed E-state index contributed by atoms with van der Waals surface area (Å²) < 4.78 is 30.0. The molecule has 14 heteroatoms. The molecular weight excluding hydrogens is 509 g/mol. The maximum absolute atomic E-state index is 13.7. The van der Waals surface area contributed by atoms with Crippen LogP contribution in [0.15, 0.2) is 30.5 Å². The summed E-state index contributed by atoms with van der Waals surface area (Å²) in [7, 11) is -4.52. The minimum atomic E-state index is -4.52. The fourth-order valence-electron chi connectivity index (χ4n) is 4.48. The molecule has 1 amide bonds. The molecule has 0 aliphatic carbocycles. The van der Waals surface area contributed by atoms with Crippen LogP contribution in [0.25, 0.3) is 10.9 Å². The van der Waals surface area contributed by atoms with E-state index in [0.29, 0.717) is 10.6 Å². The third kappa shape index (κ3) is 5.74. The summed E-state index contributed by atoms with van der Waals surface area (Å²) in [5.41, 5.74) is 1.38. The fraction of sp³-hybridized carbons (Fsp3) is 0.565. The highest BCUT2D eigenvalue weighted by molar-refractivity contribution is 7.51. The molecule has 6 N–H and O–H groups in total. The number of fused-ring (bicyclic) bond motifs is 1. The molecule has 0 bridgehead atoms. The number of benzene rings is 1. The number of aliphatic hydroxyl groups is 3. The molecule has 1 aromatic carbocycles. The Hall–Kier alpha value is -2.35. The van der Waals surface area contributed by atoms with Gasteiger partial charge in [-0.3, -0.25) is 9.32 Å². The Morgan fingerprint density at radius 2 is 1.89 bits per heavy atom. The van der Waals surface area contributed by atoms with Gasteiger partial charge in [0, 0.05) is 23.5 Å². The van der Waals surface area contributed by atoms with E-state index in [1.54, 1.807) is 18.3 Å². The number of rotatable bonds is 8. The van der Waals surface area contributed by atoms with Crippen molar-refractivity contribution < 1.29 is 48.5 Å². The Kier molecular flexibility index (Phi) is 8.07. The van der Waals surface area contributed by atoms with E-state index >= 15 is 0 Å². The number of amides is 1. The van der Waals surface area contributed by atoms with Crippen molar-refractivity contribution in [1.29, 1.82) is 0 Å². The van der Waals surface area contributed by atoms with E-state index < -0.39 is 62.4 Å². The molecule has 1 aromatic heterocycles. The van der Waals surface area contributed by atoms with Crippen molar-refractivity contribution >= 4 is 30.5 Å². The van der Waals surface area contributed by atoms with Crippen molar-refractivity contribution in [2.24, 2.45) is 5.92 Å². The molecule has 2 saturated heterocycles. The Balaban J connectivity index is 1.64. The lowest BCUT2D eigenvalue weighted by Gasteiger charge is -2.43. The number of aliphatic carboxylic acids is 1. The summed E-state index contributed by atoms with van der Waals surface area (Å²) in [4.78, 5) is 28.7. The quantitative estimate of drug-likeness (QED) is 0.260. The van der Waals surface area contributed by atoms with Crippen LogP contribution in [-0.2, 0) is 34.5 Å². The van der Waals surface area contributed by atoms with Crippen molar-refractivity contribution in [2.45, 2.75) is 76.4 Å². The average Bonchev–Trinajstić information content (AvgIpc) is 3.24. The Bertz CT molecular complexity index is 1190. The molecule has 2 aliphatic heterocycles. The summed E-state index contributed by atoms with van der Waals surface area (Å²) in [6, 6.07) is 4.55. The third-order valence-corrected chi connectivity index (χ3v) is 7.94. The highest BCUT2D eigenvalue weighted by atomic mass is 31.2. The molecule has 0 radical (unpaired) electrons. The first-order valence-electron chi connectivity index (χ1n) is 12.0. The molecule has 4 rings (SSSR count). The second kappa shape index (κ2) is 10.8. The van der Waals surface area contributed by atoms with E-state index in [2.05, 4.69) is 10.1 Å². The third-order valence-electron chi connectivity index (χ3n) is 6.44. The van der Waals surface area contributed by atoms with Gasteiger partial charge >= 0.3 is 13.7 Å². The number of carboxylic acids is 1. The second-order valence-electron chi connectivity index (χ2n) is 9.76. The van der Waals surface area contributed by atoms with Crippen molar-refractivity contribution in [1.82, 2.24) is 15.1 Å². The summed E-state index contributed by atoms with van der Waals surface area (Å²) in [5.74, 6) is -2.19. The number of carboxylic acid groups (broad SMARTS) is 1. The number of carbonyl (C=O) groups excluding carboxylic acids is 1. The monoisotopic (exact) mass is 541 g/mol. The number of aliphatic hydroxyl groups excluding tert-OH is 3. The molecule has 2 aliphatic rings. The number of hydroxylamine groups is 2. The van der Waals surface area contributed by atoms with Crippen molar-refractivity contribution in [2.75, 3.05) is 0 Å². The molecule has 13 nitrogen and oxygen atoms in total. The van der Waals surface area contributed by atoms with Crippen LogP contribution in [0.5, 0.6) is 0 Å². The van der Waals surface area contributed by atoms with E-state index in [-0.39, 0.29) is 18.8 Å². The lowest BCUT2D eigenvalue weighted by atomic mass is 10.0. The Morgan fingerprint density at radius 3 is 2.57 bits per heavy atom. The van der Waals surface area contributed by atoms with Gasteiger partial charge in [0.25, 0.3) is 5.91 Å². The molecule has 3 heterocycles. The largest absolute Gasteiger partial charge is 0.480 e. The predicted molar refractivity (Wildman–Crippen MR) is 129 cm³/mol. The zero-order valence-corrected chi connectivity index (χ0v) is 21.4. The van der Waals surface area contributed by atoms with Crippen LogP contribution in [0.1, 0.15) is 32.8 Å². The number of hydrogen-bond donors (Lipinski definition) is 6. The van der Waals surface area contributed by atoms with Crippen molar-refractivity contribution in [3.8, 4) is 0 Å². The van der Waals surface area contributed by atoms with Crippen molar-refractivity contribution in [3.05, 3.63) is 36.0 Å². The van der Waals surface area contributed by atoms with Crippen molar-refractivity contribution in [3.63, 3.8) is 0 Å². The highest BCUT2D eigenvalue weighted by Crippen LogP contribution is 2.51. The van der Waals surface area contributed by atoms with Gasteiger partial charge in [-0.15, -0.1) is 0 Å². The first-order chi connectivity index (χ1) is 17.4. The maximum atomic E-state index is 13.7. The van der Waals surface area contributed by atoms with E-state index in [4.69, 9.17) is 13.9 Å². The SMILES string of the molecule is CC(C)C[C@@H]1NP(=O)(O[C@@H]2O[C@@H](C)[C@H](O)[C@@H](O)[C@H]2O)ON([C@@H](Cc2c[nH]c3ccccc23)C(=O)O)C1=O. The van der Waals surface area contributed by atoms with Gasteiger partial charge in [0.15, 0.2) is 12.3 Å². The van der Waals surface area contributed by atoms with Gasteiger partial charge < -0.3 is 30.1 Å². The standard InChI is InChI=1S/C23H32N3O10P/c1-11(2)8-16-21(30)26(17(22(31)32)9-13-10-24-15-7-5-4-6-14(13)15)36-37(33,25-16)35-23-20(29)19(28)18(27)12(3)34-23/h4-7,10-12,16-20,23-24,27-29H,8-9H2,1-3H3,(H,25,33)(H,31,32)/t12-,16-,17-,18-,19+,20+,23-,37?/m0/s1. The molecule has 0 spiro atoms. The number of H-pyrrole nitrogens is 1. The molecule has 204 valence electrons. The van der Waals surface area contributed by atoms with Gasteiger partial charge in [0.1, 0.15) is 18.3 Å². The molecule has 1 unspecified atom stereocenters. The van der Waals surface area contributed by atoms with E-state index in [9.17, 15) is 34.6 Å². The molecular formula is C23H32N3O10P. The number of aromatic nitrogens is 1. The number of ether oxygens (including phenoxy) is 1. The number of nitrogens with zero attached hydrogens (tertiary/aromatic N) is 1. The predicted octanol–water partition coefficient (Wildman–Crippen LogP) is 0.894. The lowest BCUT2D eigenvalue weighted by molar-refractivity contribution is -0.274. The number of aromatic amines is 1. The maximum Gasteiger partial charge on any atom is 0.430 e. The molecule has 2 fully saturated rings. The minimum absolute atomic E-state index is 0.0553. The molecule has 37 heavy (non-hydrogen) atoms. The van der Waals surface area contributed by atoms with Gasteiger partial charge in [0.2, 0.25) is 0 Å². The summed E-state index contributed by atoms with van der Waals surface area (Å²) >= 11 is 0. The van der Waals surface area contributed by atoms with Gasteiger partial charge in [-0.25, -0.2) is 14.4 Å². The zero-order chi connectivity index (χ0) is 27.1. The Morgan fingerprint density at radius 1 is 1.19 bits per heavy atom.